The van der Waals surface area contributed by atoms with Crippen LogP contribution < -0.4 is 0 Å². The second kappa shape index (κ2) is 56.8. The lowest BCUT2D eigenvalue weighted by molar-refractivity contribution is -0.161. The molecule has 486 valence electrons. The molecular weight excluding hydrogens is 1090 g/mol. The summed E-state index contributed by atoms with van der Waals surface area (Å²) in [6.45, 7) is 7.08. The maximum Gasteiger partial charge on any atom is 0.472 e. The predicted octanol–water partition coefficient (Wildman–Crippen LogP) is 17.4. The number of phosphoric ester groups is 2. The summed E-state index contributed by atoms with van der Waals surface area (Å²) >= 11 is 0. The van der Waals surface area contributed by atoms with Gasteiger partial charge in [-0.05, 0) is 31.6 Å². The standard InChI is InChI=1S/C63H122O17P2/c1-6-9-12-15-17-19-20-21-22-23-24-30-34-39-44-49-63(68)80-59(53-74-61(66)47-42-37-32-29-26-25-28-31-36-40-45-56(4)5)55-78-82(71,72)76-51-57(64)50-75-81(69,70)77-54-58(52-73-60(65)46-41-35-14-11-8-3)79-62(67)48-43-38-33-27-18-16-13-10-7-2/h56-59,64H,6-55H2,1-5H3,(H,69,70)(H,71,72)/t57-,58+,59+/m0/s1. The Hall–Kier alpha value is -1.94. The number of esters is 4. The molecule has 0 bridgehead atoms. The van der Waals surface area contributed by atoms with Gasteiger partial charge in [0.1, 0.15) is 19.3 Å². The van der Waals surface area contributed by atoms with Crippen LogP contribution in [-0.4, -0.2) is 96.7 Å². The largest absolute Gasteiger partial charge is 0.472 e. The minimum absolute atomic E-state index is 0.105. The normalized spacial score (nSPS) is 14.3. The molecular formula is C63H122O17P2. The van der Waals surface area contributed by atoms with E-state index in [0.717, 1.165) is 102 Å². The highest BCUT2D eigenvalue weighted by Crippen LogP contribution is 2.45. The molecule has 0 rings (SSSR count). The molecule has 0 aliphatic carbocycles. The molecule has 0 aromatic rings. The second-order valence-corrected chi connectivity index (χ2v) is 26.2. The topological polar surface area (TPSA) is 237 Å². The van der Waals surface area contributed by atoms with Gasteiger partial charge in [-0.15, -0.1) is 0 Å². The maximum atomic E-state index is 13.0. The Morgan fingerprint density at radius 2 is 0.561 bits per heavy atom. The third-order valence-corrected chi connectivity index (χ3v) is 16.4. The molecule has 17 nitrogen and oxygen atoms in total. The Balaban J connectivity index is 5.17. The number of aliphatic hydroxyl groups is 1. The molecule has 0 amide bonds. The van der Waals surface area contributed by atoms with Crippen LogP contribution in [0.25, 0.3) is 0 Å². The van der Waals surface area contributed by atoms with Gasteiger partial charge in [-0.1, -0.05) is 266 Å². The van der Waals surface area contributed by atoms with E-state index < -0.39 is 97.5 Å². The van der Waals surface area contributed by atoms with Crippen molar-refractivity contribution >= 4 is 39.5 Å². The van der Waals surface area contributed by atoms with Crippen LogP contribution in [0.1, 0.15) is 317 Å². The molecule has 0 saturated carbocycles. The Labute approximate surface area is 498 Å². The molecule has 2 unspecified atom stereocenters. The second-order valence-electron chi connectivity index (χ2n) is 23.3. The van der Waals surface area contributed by atoms with Crippen molar-refractivity contribution in [3.63, 3.8) is 0 Å². The van der Waals surface area contributed by atoms with Crippen LogP contribution >= 0.6 is 15.6 Å². The lowest BCUT2D eigenvalue weighted by Gasteiger charge is -2.21. The Kier molecular flexibility index (Phi) is 55.5. The Morgan fingerprint density at radius 1 is 0.329 bits per heavy atom. The minimum Gasteiger partial charge on any atom is -0.462 e. The molecule has 0 heterocycles. The van der Waals surface area contributed by atoms with Gasteiger partial charge < -0.3 is 33.8 Å². The van der Waals surface area contributed by atoms with Crippen molar-refractivity contribution in [3.8, 4) is 0 Å². The van der Waals surface area contributed by atoms with E-state index in [1.54, 1.807) is 0 Å². The van der Waals surface area contributed by atoms with Crippen LogP contribution in [0.15, 0.2) is 0 Å². The van der Waals surface area contributed by atoms with Crippen molar-refractivity contribution in [2.75, 3.05) is 39.6 Å². The van der Waals surface area contributed by atoms with E-state index >= 15 is 0 Å². The van der Waals surface area contributed by atoms with Crippen LogP contribution in [0.2, 0.25) is 0 Å². The van der Waals surface area contributed by atoms with Gasteiger partial charge in [-0.2, -0.15) is 0 Å². The lowest BCUT2D eigenvalue weighted by Crippen LogP contribution is -2.30. The van der Waals surface area contributed by atoms with Crippen molar-refractivity contribution in [1.29, 1.82) is 0 Å². The summed E-state index contributed by atoms with van der Waals surface area (Å²) in [7, 11) is -9.87. The van der Waals surface area contributed by atoms with Crippen molar-refractivity contribution in [2.24, 2.45) is 5.92 Å². The van der Waals surface area contributed by atoms with E-state index in [9.17, 15) is 43.2 Å². The van der Waals surface area contributed by atoms with E-state index in [1.807, 2.05) is 0 Å². The first-order valence-corrected chi connectivity index (χ1v) is 36.1. The number of hydrogen-bond donors (Lipinski definition) is 3. The predicted molar refractivity (Wildman–Crippen MR) is 326 cm³/mol. The first-order chi connectivity index (χ1) is 39.5. The first-order valence-electron chi connectivity index (χ1n) is 33.1. The highest BCUT2D eigenvalue weighted by atomic mass is 31.2. The highest BCUT2D eigenvalue weighted by Gasteiger charge is 2.30. The fourth-order valence-electron chi connectivity index (χ4n) is 9.41. The monoisotopic (exact) mass is 1210 g/mol. The molecule has 0 aliphatic rings. The third-order valence-electron chi connectivity index (χ3n) is 14.5. The van der Waals surface area contributed by atoms with Gasteiger partial charge in [0.25, 0.3) is 0 Å². The summed E-state index contributed by atoms with van der Waals surface area (Å²) in [5.41, 5.74) is 0. The average Bonchev–Trinajstić information content (AvgIpc) is 3.44. The molecule has 82 heavy (non-hydrogen) atoms. The van der Waals surface area contributed by atoms with Crippen LogP contribution in [0.4, 0.5) is 0 Å². The molecule has 19 heteroatoms. The molecule has 5 atom stereocenters. The van der Waals surface area contributed by atoms with Gasteiger partial charge in [-0.25, -0.2) is 9.13 Å². The van der Waals surface area contributed by atoms with E-state index in [1.165, 1.54) is 135 Å². The van der Waals surface area contributed by atoms with Crippen molar-refractivity contribution < 1.29 is 80.2 Å². The smallest absolute Gasteiger partial charge is 0.462 e. The molecule has 0 radical (unpaired) electrons. The molecule has 3 N–H and O–H groups in total. The number of hydrogen-bond acceptors (Lipinski definition) is 15. The number of carbonyl (C=O) groups excluding carboxylic acids is 4. The minimum atomic E-state index is -4.94. The Bertz CT molecular complexity index is 1600. The van der Waals surface area contributed by atoms with Crippen LogP contribution in [0.5, 0.6) is 0 Å². The number of ether oxygens (including phenoxy) is 4. The fourth-order valence-corrected chi connectivity index (χ4v) is 11.0. The van der Waals surface area contributed by atoms with E-state index in [-0.39, 0.29) is 25.7 Å². The summed E-state index contributed by atoms with van der Waals surface area (Å²) in [5.74, 6) is -1.39. The first kappa shape index (κ1) is 80.1. The van der Waals surface area contributed by atoms with Gasteiger partial charge in [0.05, 0.1) is 26.4 Å². The summed E-state index contributed by atoms with van der Waals surface area (Å²) in [5, 5.41) is 10.5. The van der Waals surface area contributed by atoms with Crippen molar-refractivity contribution in [1.82, 2.24) is 0 Å². The summed E-state index contributed by atoms with van der Waals surface area (Å²) in [4.78, 5) is 71.9. The SMILES string of the molecule is CCCCCCCCCCCCCCCCCC(=O)O[C@H](COC(=O)CCCCCCCCCCCCC(C)C)COP(=O)(O)OC[C@@H](O)COP(=O)(O)OC[C@@H](COC(=O)CCCCCCC)OC(=O)CCCCCCCCCCC. The zero-order chi connectivity index (χ0) is 60.6. The van der Waals surface area contributed by atoms with Crippen LogP contribution in [0.3, 0.4) is 0 Å². The number of unbranched alkanes of at least 4 members (excludes halogenated alkanes) is 35. The zero-order valence-corrected chi connectivity index (χ0v) is 54.4. The zero-order valence-electron chi connectivity index (χ0n) is 52.6. The number of carbonyl (C=O) groups is 4. The highest BCUT2D eigenvalue weighted by molar-refractivity contribution is 7.47. The molecule has 0 fully saturated rings. The number of rotatable bonds is 63. The van der Waals surface area contributed by atoms with Gasteiger partial charge >= 0.3 is 39.5 Å². The summed E-state index contributed by atoms with van der Waals surface area (Å²) in [6, 6.07) is 0. The van der Waals surface area contributed by atoms with E-state index in [0.29, 0.717) is 25.7 Å². The van der Waals surface area contributed by atoms with Crippen LogP contribution in [0, 0.1) is 5.92 Å². The maximum absolute atomic E-state index is 13.0. The van der Waals surface area contributed by atoms with E-state index in [2.05, 4.69) is 34.6 Å². The summed E-state index contributed by atoms with van der Waals surface area (Å²) in [6.07, 6.45) is 40.6. The quantitative estimate of drug-likeness (QED) is 0.0222. The third kappa shape index (κ3) is 57.2. The molecule has 0 aromatic carbocycles. The van der Waals surface area contributed by atoms with Crippen molar-refractivity contribution in [2.45, 2.75) is 335 Å². The average molecular weight is 1210 g/mol. The number of phosphoric acid groups is 2. The van der Waals surface area contributed by atoms with Crippen LogP contribution in [-0.2, 0) is 65.4 Å². The van der Waals surface area contributed by atoms with E-state index in [4.69, 9.17) is 37.0 Å². The fraction of sp³-hybridized carbons (Fsp3) is 0.937. The summed E-state index contributed by atoms with van der Waals surface area (Å²) < 4.78 is 67.7. The molecule has 0 aromatic heterocycles. The van der Waals surface area contributed by atoms with Gasteiger partial charge in [0.15, 0.2) is 12.2 Å². The lowest BCUT2D eigenvalue weighted by atomic mass is 10.0. The molecule has 0 saturated heterocycles. The van der Waals surface area contributed by atoms with Gasteiger partial charge in [0, 0.05) is 25.7 Å². The van der Waals surface area contributed by atoms with Crippen molar-refractivity contribution in [3.05, 3.63) is 0 Å². The number of aliphatic hydroxyl groups excluding tert-OH is 1. The Morgan fingerprint density at radius 3 is 0.829 bits per heavy atom. The van der Waals surface area contributed by atoms with Gasteiger partial charge in [0.2, 0.25) is 0 Å². The van der Waals surface area contributed by atoms with Gasteiger partial charge in [-0.3, -0.25) is 37.3 Å². The molecule has 0 spiro atoms. The molecule has 0 aliphatic heterocycles.